The highest BCUT2D eigenvalue weighted by Crippen LogP contribution is 2.18. The Hall–Kier alpha value is -1.71. The van der Waals surface area contributed by atoms with Gasteiger partial charge in [-0.3, -0.25) is 0 Å². The maximum atomic E-state index is 9.62. The van der Waals surface area contributed by atoms with Gasteiger partial charge in [0.1, 0.15) is 5.75 Å². The van der Waals surface area contributed by atoms with Gasteiger partial charge in [0.25, 0.3) is 0 Å². The molecule has 0 fully saturated rings. The monoisotopic (exact) mass is 221 g/mol. The van der Waals surface area contributed by atoms with E-state index in [2.05, 4.69) is 10.0 Å². The first-order valence-electron chi connectivity index (χ1n) is 5.09. The molecule has 0 aliphatic carbocycles. The Morgan fingerprint density at radius 2 is 2.00 bits per heavy atom. The van der Waals surface area contributed by atoms with E-state index in [0.29, 0.717) is 5.56 Å². The molecule has 5 nitrogen and oxygen atoms in total. The molecule has 1 unspecified atom stereocenters. The fraction of sp³-hybridized carbons (Fsp3) is 0.455. The van der Waals surface area contributed by atoms with Crippen molar-refractivity contribution < 1.29 is 9.84 Å². The van der Waals surface area contributed by atoms with Crippen LogP contribution in [0.25, 0.3) is 10.4 Å². The third-order valence-electron chi connectivity index (χ3n) is 1.95. The quantitative estimate of drug-likeness (QED) is 0.471. The molecule has 0 aromatic heterocycles. The summed E-state index contributed by atoms with van der Waals surface area (Å²) in [5, 5.41) is 12.9. The Morgan fingerprint density at radius 1 is 1.38 bits per heavy atom. The summed E-state index contributed by atoms with van der Waals surface area (Å²) in [7, 11) is 0. The van der Waals surface area contributed by atoms with Crippen LogP contribution < -0.4 is 4.74 Å². The molecule has 0 saturated carbocycles. The van der Waals surface area contributed by atoms with E-state index >= 15 is 0 Å². The van der Waals surface area contributed by atoms with E-state index in [9.17, 15) is 5.11 Å². The van der Waals surface area contributed by atoms with Crippen LogP contribution in [0.15, 0.2) is 29.4 Å². The second-order valence-corrected chi connectivity index (χ2v) is 3.66. The van der Waals surface area contributed by atoms with Crippen molar-refractivity contribution in [1.29, 1.82) is 0 Å². The Balaban J connectivity index is 2.66. The highest BCUT2D eigenvalue weighted by atomic mass is 16.5. The zero-order valence-corrected chi connectivity index (χ0v) is 9.37. The number of hydrogen-bond donors (Lipinski definition) is 1. The highest BCUT2D eigenvalue weighted by Gasteiger charge is 2.06. The third-order valence-corrected chi connectivity index (χ3v) is 1.95. The fourth-order valence-electron chi connectivity index (χ4n) is 1.26. The topological polar surface area (TPSA) is 78.2 Å². The molecule has 0 aliphatic heterocycles. The molecule has 0 heterocycles. The van der Waals surface area contributed by atoms with E-state index in [4.69, 9.17) is 10.3 Å². The van der Waals surface area contributed by atoms with Crippen molar-refractivity contribution >= 4 is 0 Å². The lowest BCUT2D eigenvalue weighted by Crippen LogP contribution is -2.06. The van der Waals surface area contributed by atoms with Crippen molar-refractivity contribution in [3.63, 3.8) is 0 Å². The zero-order chi connectivity index (χ0) is 12.0. The summed E-state index contributed by atoms with van der Waals surface area (Å²) in [6.07, 6.45) is -0.636. The van der Waals surface area contributed by atoms with Gasteiger partial charge in [0.05, 0.1) is 18.8 Å². The van der Waals surface area contributed by atoms with Crippen molar-refractivity contribution in [3.05, 3.63) is 40.3 Å². The van der Waals surface area contributed by atoms with Crippen LogP contribution in [0.3, 0.4) is 0 Å². The predicted octanol–water partition coefficient (Wildman–Crippen LogP) is 2.82. The molecule has 0 amide bonds. The van der Waals surface area contributed by atoms with Gasteiger partial charge < -0.3 is 9.84 Å². The molecule has 1 N–H and O–H groups in total. The Bertz CT molecular complexity index is 369. The van der Waals surface area contributed by atoms with Crippen LogP contribution in [-0.2, 0) is 0 Å². The third kappa shape index (κ3) is 3.81. The molecule has 1 rings (SSSR count). The van der Waals surface area contributed by atoms with E-state index in [1.54, 1.807) is 24.3 Å². The van der Waals surface area contributed by atoms with Crippen molar-refractivity contribution in [2.75, 3.05) is 6.54 Å². The molecule has 0 aliphatic rings. The first-order valence-corrected chi connectivity index (χ1v) is 5.09. The summed E-state index contributed by atoms with van der Waals surface area (Å²) >= 11 is 0. The van der Waals surface area contributed by atoms with E-state index in [-0.39, 0.29) is 12.6 Å². The zero-order valence-electron chi connectivity index (χ0n) is 9.37. The molecule has 1 aromatic rings. The second kappa shape index (κ2) is 6.00. The van der Waals surface area contributed by atoms with Gasteiger partial charge in [-0.15, -0.1) is 0 Å². The summed E-state index contributed by atoms with van der Waals surface area (Å²) in [6, 6.07) is 7.09. The molecular weight excluding hydrogens is 206 g/mol. The smallest absolute Gasteiger partial charge is 0.119 e. The molecule has 16 heavy (non-hydrogen) atoms. The normalized spacial score (nSPS) is 12.0. The van der Waals surface area contributed by atoms with Crippen LogP contribution >= 0.6 is 0 Å². The van der Waals surface area contributed by atoms with E-state index in [0.717, 1.165) is 5.75 Å². The number of hydrogen-bond acceptors (Lipinski definition) is 3. The molecule has 0 spiro atoms. The molecule has 0 saturated heterocycles. The van der Waals surface area contributed by atoms with Gasteiger partial charge in [0, 0.05) is 4.91 Å². The Kier molecular flexibility index (Phi) is 4.64. The van der Waals surface area contributed by atoms with Gasteiger partial charge in [-0.1, -0.05) is 17.2 Å². The lowest BCUT2D eigenvalue weighted by Gasteiger charge is -2.11. The largest absolute Gasteiger partial charge is 0.491 e. The highest BCUT2D eigenvalue weighted by molar-refractivity contribution is 5.28. The number of azide groups is 1. The summed E-state index contributed by atoms with van der Waals surface area (Å²) in [4.78, 5) is 2.60. The molecule has 0 radical (unpaired) electrons. The van der Waals surface area contributed by atoms with Gasteiger partial charge >= 0.3 is 0 Å². The molecule has 86 valence electrons. The first kappa shape index (κ1) is 12.4. The van der Waals surface area contributed by atoms with Gasteiger partial charge in [-0.25, -0.2) is 0 Å². The Labute approximate surface area is 94.3 Å². The van der Waals surface area contributed by atoms with E-state index in [1.807, 2.05) is 13.8 Å². The molecule has 5 heteroatoms. The number of ether oxygens (including phenoxy) is 1. The van der Waals surface area contributed by atoms with Crippen molar-refractivity contribution in [2.45, 2.75) is 26.1 Å². The SMILES string of the molecule is CC(C)Oc1ccc(C(O)CN=[N+]=[N-])cc1. The summed E-state index contributed by atoms with van der Waals surface area (Å²) < 4.78 is 5.47. The van der Waals surface area contributed by atoms with E-state index < -0.39 is 6.10 Å². The standard InChI is InChI=1S/C11H15N3O2/c1-8(2)16-10-5-3-9(4-6-10)11(15)7-13-14-12/h3-6,8,11,15H,7H2,1-2H3. The van der Waals surface area contributed by atoms with Crippen LogP contribution in [-0.4, -0.2) is 17.8 Å². The number of aliphatic hydroxyl groups is 1. The van der Waals surface area contributed by atoms with Gasteiger partial charge in [-0.05, 0) is 37.1 Å². The minimum Gasteiger partial charge on any atom is -0.491 e. The average molecular weight is 221 g/mol. The van der Waals surface area contributed by atoms with Crippen molar-refractivity contribution in [1.82, 2.24) is 0 Å². The Morgan fingerprint density at radius 3 is 2.50 bits per heavy atom. The number of aliphatic hydroxyl groups excluding tert-OH is 1. The molecular formula is C11H15N3O2. The first-order chi connectivity index (χ1) is 7.63. The second-order valence-electron chi connectivity index (χ2n) is 3.66. The van der Waals surface area contributed by atoms with Gasteiger partial charge in [-0.2, -0.15) is 0 Å². The van der Waals surface area contributed by atoms with E-state index in [1.165, 1.54) is 0 Å². The lowest BCUT2D eigenvalue weighted by molar-refractivity contribution is 0.186. The van der Waals surface area contributed by atoms with Crippen LogP contribution in [0.1, 0.15) is 25.5 Å². The molecule has 1 atom stereocenters. The number of rotatable bonds is 5. The van der Waals surface area contributed by atoms with Crippen LogP contribution in [0.2, 0.25) is 0 Å². The predicted molar refractivity (Wildman–Crippen MR) is 61.2 cm³/mol. The van der Waals surface area contributed by atoms with Crippen molar-refractivity contribution in [2.24, 2.45) is 5.11 Å². The summed E-state index contributed by atoms with van der Waals surface area (Å²) in [6.45, 7) is 3.94. The van der Waals surface area contributed by atoms with Crippen LogP contribution in [0, 0.1) is 0 Å². The number of benzene rings is 1. The van der Waals surface area contributed by atoms with Crippen LogP contribution in [0.5, 0.6) is 5.75 Å². The fourth-order valence-corrected chi connectivity index (χ4v) is 1.26. The minimum atomic E-state index is -0.760. The van der Waals surface area contributed by atoms with Gasteiger partial charge in [0.15, 0.2) is 0 Å². The molecule has 0 bridgehead atoms. The number of nitrogens with zero attached hydrogens (tertiary/aromatic N) is 3. The van der Waals surface area contributed by atoms with Gasteiger partial charge in [0.2, 0.25) is 0 Å². The summed E-state index contributed by atoms with van der Waals surface area (Å²) in [5.74, 6) is 0.759. The average Bonchev–Trinajstić information content (AvgIpc) is 2.26. The van der Waals surface area contributed by atoms with Crippen molar-refractivity contribution in [3.8, 4) is 5.75 Å². The summed E-state index contributed by atoms with van der Waals surface area (Å²) in [5.41, 5.74) is 8.84. The maximum Gasteiger partial charge on any atom is 0.119 e. The lowest BCUT2D eigenvalue weighted by atomic mass is 10.1. The van der Waals surface area contributed by atoms with Crippen LogP contribution in [0.4, 0.5) is 0 Å². The minimum absolute atomic E-state index is 0.0425. The molecule has 1 aromatic carbocycles. The maximum absolute atomic E-state index is 9.62.